The van der Waals surface area contributed by atoms with Gasteiger partial charge in [-0.3, -0.25) is 0 Å². The molecule has 2 heteroatoms. The van der Waals surface area contributed by atoms with Crippen molar-refractivity contribution >= 4 is 11.4 Å². The van der Waals surface area contributed by atoms with E-state index < -0.39 is 0 Å². The Kier molecular flexibility index (Phi) is 2.11. The van der Waals surface area contributed by atoms with Gasteiger partial charge in [-0.25, -0.2) is 0 Å². The normalized spacial score (nSPS) is 14.2. The predicted molar refractivity (Wildman–Crippen MR) is 72.0 cm³/mol. The minimum absolute atomic E-state index is 0.426. The van der Waals surface area contributed by atoms with E-state index in [1.807, 2.05) is 12.1 Å². The van der Waals surface area contributed by atoms with Gasteiger partial charge in [0.05, 0.1) is 0 Å². The number of rotatable bonds is 0. The van der Waals surface area contributed by atoms with Crippen LogP contribution >= 0.6 is 0 Å². The highest BCUT2D eigenvalue weighted by atomic mass is 14.6. The zero-order valence-corrected chi connectivity index (χ0v) is 9.90. The average Bonchev–Trinajstić information content (AvgIpc) is 2.28. The highest BCUT2D eigenvalue weighted by molar-refractivity contribution is 5.57. The number of nitrogens with two attached hydrogens (primary N) is 2. The van der Waals surface area contributed by atoms with Gasteiger partial charge in [-0.2, -0.15) is 0 Å². The van der Waals surface area contributed by atoms with Crippen LogP contribution in [0.5, 0.6) is 0 Å². The molecule has 0 unspecified atom stereocenters. The molecule has 1 aliphatic rings. The molecule has 0 amide bonds. The maximum absolute atomic E-state index is 5.85. The number of fused-ring (bicyclic) bond motifs is 2. The second-order valence-corrected chi connectivity index (χ2v) is 4.81. The molecule has 0 radical (unpaired) electrons. The standard InChI is InChI=1S/C15H16N2/c1-9-14-4-2-12(16)7-10(14)6-11-8-13(17)3-5-15(9)11/h2-5,7-9H,6,16-17H2,1H3. The van der Waals surface area contributed by atoms with Crippen LogP contribution in [0.25, 0.3) is 0 Å². The fourth-order valence-electron chi connectivity index (χ4n) is 2.78. The summed E-state index contributed by atoms with van der Waals surface area (Å²) in [6, 6.07) is 12.4. The number of nitrogen functional groups attached to an aromatic ring is 2. The van der Waals surface area contributed by atoms with Crippen molar-refractivity contribution in [3.8, 4) is 0 Å². The van der Waals surface area contributed by atoms with E-state index >= 15 is 0 Å². The summed E-state index contributed by atoms with van der Waals surface area (Å²) in [6.07, 6.45) is 0.936. The van der Waals surface area contributed by atoms with Gasteiger partial charge in [0, 0.05) is 17.3 Å². The lowest BCUT2D eigenvalue weighted by Crippen LogP contribution is -2.12. The Morgan fingerprint density at radius 2 is 1.35 bits per heavy atom. The fraction of sp³-hybridized carbons (Fsp3) is 0.200. The van der Waals surface area contributed by atoms with Crippen LogP contribution in [0.3, 0.4) is 0 Å². The minimum Gasteiger partial charge on any atom is -0.399 e. The molecule has 0 aliphatic heterocycles. The monoisotopic (exact) mass is 224 g/mol. The topological polar surface area (TPSA) is 52.0 Å². The maximum atomic E-state index is 5.85. The molecule has 1 aliphatic carbocycles. The van der Waals surface area contributed by atoms with Gasteiger partial charge in [0.15, 0.2) is 0 Å². The van der Waals surface area contributed by atoms with Crippen molar-refractivity contribution in [3.05, 3.63) is 58.7 Å². The van der Waals surface area contributed by atoms with E-state index in [4.69, 9.17) is 11.5 Å². The van der Waals surface area contributed by atoms with Crippen LogP contribution in [0.4, 0.5) is 11.4 Å². The zero-order valence-electron chi connectivity index (χ0n) is 9.90. The first kappa shape index (κ1) is 10.2. The summed E-state index contributed by atoms with van der Waals surface area (Å²) in [5.74, 6) is 0.426. The first-order valence-corrected chi connectivity index (χ1v) is 5.92. The first-order chi connectivity index (χ1) is 8.15. The van der Waals surface area contributed by atoms with E-state index in [0.717, 1.165) is 17.8 Å². The van der Waals surface area contributed by atoms with Gasteiger partial charge in [-0.15, -0.1) is 0 Å². The molecule has 4 N–H and O–H groups in total. The molecule has 3 rings (SSSR count). The molecule has 0 saturated heterocycles. The smallest absolute Gasteiger partial charge is 0.0317 e. The number of hydrogen-bond acceptors (Lipinski definition) is 2. The van der Waals surface area contributed by atoms with Gasteiger partial charge < -0.3 is 11.5 Å². The van der Waals surface area contributed by atoms with Gasteiger partial charge in [-0.1, -0.05) is 19.1 Å². The predicted octanol–water partition coefficient (Wildman–Crippen LogP) is 2.91. The molecule has 0 heterocycles. The summed E-state index contributed by atoms with van der Waals surface area (Å²) < 4.78 is 0. The van der Waals surface area contributed by atoms with E-state index in [1.165, 1.54) is 22.3 Å². The second kappa shape index (κ2) is 3.52. The molecule has 86 valence electrons. The lowest BCUT2D eigenvalue weighted by Gasteiger charge is -2.26. The summed E-state index contributed by atoms with van der Waals surface area (Å²) in [5.41, 5.74) is 18.8. The number of anilines is 2. The third kappa shape index (κ3) is 1.57. The van der Waals surface area contributed by atoms with E-state index in [9.17, 15) is 0 Å². The molecule has 2 aromatic carbocycles. The molecular formula is C15H16N2. The average molecular weight is 224 g/mol. The Bertz CT molecular complexity index is 536. The molecule has 2 aromatic rings. The summed E-state index contributed by atoms with van der Waals surface area (Å²) >= 11 is 0. The van der Waals surface area contributed by atoms with Crippen LogP contribution in [-0.4, -0.2) is 0 Å². The molecule has 0 saturated carbocycles. The van der Waals surface area contributed by atoms with E-state index in [-0.39, 0.29) is 0 Å². The zero-order chi connectivity index (χ0) is 12.0. The van der Waals surface area contributed by atoms with E-state index in [1.54, 1.807) is 0 Å². The Morgan fingerprint density at radius 3 is 1.82 bits per heavy atom. The third-order valence-electron chi connectivity index (χ3n) is 3.65. The van der Waals surface area contributed by atoms with Crippen molar-refractivity contribution in [3.63, 3.8) is 0 Å². The van der Waals surface area contributed by atoms with Crippen LogP contribution in [0.2, 0.25) is 0 Å². The van der Waals surface area contributed by atoms with E-state index in [2.05, 4.69) is 31.2 Å². The molecular weight excluding hydrogens is 208 g/mol. The van der Waals surface area contributed by atoms with Crippen molar-refractivity contribution in [2.45, 2.75) is 19.3 Å². The molecule has 0 fully saturated rings. The lowest BCUT2D eigenvalue weighted by molar-refractivity contribution is 0.846. The Balaban J connectivity index is 2.17. The molecule has 2 nitrogen and oxygen atoms in total. The summed E-state index contributed by atoms with van der Waals surface area (Å²) in [7, 11) is 0. The summed E-state index contributed by atoms with van der Waals surface area (Å²) in [5, 5.41) is 0. The molecule has 0 bridgehead atoms. The van der Waals surface area contributed by atoms with Crippen LogP contribution < -0.4 is 11.5 Å². The lowest BCUT2D eigenvalue weighted by atomic mass is 9.79. The molecule has 0 atom stereocenters. The van der Waals surface area contributed by atoms with Crippen molar-refractivity contribution in [1.82, 2.24) is 0 Å². The van der Waals surface area contributed by atoms with Gasteiger partial charge >= 0.3 is 0 Å². The van der Waals surface area contributed by atoms with Gasteiger partial charge in [-0.05, 0) is 52.9 Å². The molecule has 17 heavy (non-hydrogen) atoms. The first-order valence-electron chi connectivity index (χ1n) is 5.92. The Labute approximate surface area is 101 Å². The number of benzene rings is 2. The maximum Gasteiger partial charge on any atom is 0.0317 e. The third-order valence-corrected chi connectivity index (χ3v) is 3.65. The van der Waals surface area contributed by atoms with Crippen LogP contribution in [0.15, 0.2) is 36.4 Å². The quantitative estimate of drug-likeness (QED) is 0.676. The van der Waals surface area contributed by atoms with Crippen LogP contribution in [0.1, 0.15) is 35.1 Å². The number of hydrogen-bond donors (Lipinski definition) is 2. The largest absolute Gasteiger partial charge is 0.399 e. The second-order valence-electron chi connectivity index (χ2n) is 4.81. The van der Waals surface area contributed by atoms with Crippen molar-refractivity contribution in [2.75, 3.05) is 11.5 Å². The van der Waals surface area contributed by atoms with Crippen LogP contribution in [0, 0.1) is 0 Å². The van der Waals surface area contributed by atoms with Gasteiger partial charge in [0.2, 0.25) is 0 Å². The van der Waals surface area contributed by atoms with Crippen molar-refractivity contribution in [2.24, 2.45) is 0 Å². The van der Waals surface area contributed by atoms with Gasteiger partial charge in [0.25, 0.3) is 0 Å². The fourth-order valence-corrected chi connectivity index (χ4v) is 2.78. The van der Waals surface area contributed by atoms with Crippen LogP contribution in [-0.2, 0) is 6.42 Å². The summed E-state index contributed by atoms with van der Waals surface area (Å²) in [4.78, 5) is 0. The van der Waals surface area contributed by atoms with Gasteiger partial charge in [0.1, 0.15) is 0 Å². The SMILES string of the molecule is CC1c2ccc(N)cc2Cc2cc(N)ccc21. The highest BCUT2D eigenvalue weighted by Gasteiger charge is 2.21. The Morgan fingerprint density at radius 1 is 0.882 bits per heavy atom. The highest BCUT2D eigenvalue weighted by Crippen LogP contribution is 2.37. The minimum atomic E-state index is 0.426. The summed E-state index contributed by atoms with van der Waals surface area (Å²) in [6.45, 7) is 2.24. The molecule has 0 spiro atoms. The van der Waals surface area contributed by atoms with E-state index in [0.29, 0.717) is 5.92 Å². The van der Waals surface area contributed by atoms with Crippen molar-refractivity contribution in [1.29, 1.82) is 0 Å². The Hall–Kier alpha value is -1.96. The van der Waals surface area contributed by atoms with Crippen molar-refractivity contribution < 1.29 is 0 Å². The molecule has 0 aromatic heterocycles.